The van der Waals surface area contributed by atoms with Crippen molar-refractivity contribution in [2.45, 2.75) is 6.18 Å². The van der Waals surface area contributed by atoms with Crippen LogP contribution >= 0.6 is 11.8 Å². The van der Waals surface area contributed by atoms with E-state index in [-0.39, 0.29) is 17.4 Å². The molecule has 7 nitrogen and oxygen atoms in total. The van der Waals surface area contributed by atoms with Gasteiger partial charge in [0.25, 0.3) is 0 Å². The molecule has 11 heteroatoms. The van der Waals surface area contributed by atoms with Gasteiger partial charge >= 0.3 is 12.1 Å². The third kappa shape index (κ3) is 5.24. The van der Waals surface area contributed by atoms with E-state index in [4.69, 9.17) is 9.84 Å². The van der Waals surface area contributed by atoms with Crippen LogP contribution in [0.3, 0.4) is 0 Å². The van der Waals surface area contributed by atoms with Gasteiger partial charge in [0.1, 0.15) is 0 Å². The van der Waals surface area contributed by atoms with Crippen LogP contribution in [-0.2, 0) is 19.1 Å². The van der Waals surface area contributed by atoms with Crippen molar-refractivity contribution >= 4 is 29.5 Å². The number of morpholine rings is 1. The number of amides is 2. The fraction of sp³-hybridized carbons (Fsp3) is 0.786. The summed E-state index contributed by atoms with van der Waals surface area (Å²) in [5.41, 5.74) is 0. The van der Waals surface area contributed by atoms with Gasteiger partial charge in [0.15, 0.2) is 0 Å². The van der Waals surface area contributed by atoms with E-state index in [1.807, 2.05) is 0 Å². The molecule has 0 radical (unpaired) electrons. The van der Waals surface area contributed by atoms with E-state index in [1.165, 1.54) is 0 Å². The minimum absolute atomic E-state index is 0.0463. The van der Waals surface area contributed by atoms with Crippen LogP contribution in [-0.4, -0.2) is 89.8 Å². The molecular weight excluding hydrogens is 365 g/mol. The van der Waals surface area contributed by atoms with Crippen LogP contribution in [0.2, 0.25) is 0 Å². The Morgan fingerprint density at radius 2 is 1.60 bits per heavy atom. The molecule has 2 aliphatic rings. The third-order valence-corrected chi connectivity index (χ3v) is 5.13. The Hall–Kier alpha value is -1.49. The lowest BCUT2D eigenvalue weighted by molar-refractivity contribution is -0.188. The summed E-state index contributed by atoms with van der Waals surface area (Å²) in [6, 6.07) is 0. The standard InChI is InChI=1S/C14H19F3N2O5S/c15-14(16,17)10-6-19(5-9(10)13(22)23)12(21)8-25-7-11(20)18-1-3-24-4-2-18/h9-10H,1-8H2,(H,22,23)/t9-,10-/m1/s1. The Morgan fingerprint density at radius 1 is 1.04 bits per heavy atom. The highest BCUT2D eigenvalue weighted by Crippen LogP contribution is 2.37. The number of rotatable bonds is 5. The molecule has 2 aliphatic heterocycles. The van der Waals surface area contributed by atoms with Gasteiger partial charge in [-0.15, -0.1) is 11.8 Å². The number of hydrogen-bond acceptors (Lipinski definition) is 5. The fourth-order valence-electron chi connectivity index (χ4n) is 2.81. The summed E-state index contributed by atoms with van der Waals surface area (Å²) < 4.78 is 43.8. The predicted octanol–water partition coefficient (Wildman–Crippen LogP) is 0.300. The molecular formula is C14H19F3N2O5S. The van der Waals surface area contributed by atoms with Gasteiger partial charge in [0.05, 0.1) is 36.6 Å². The van der Waals surface area contributed by atoms with Crippen molar-refractivity contribution < 1.29 is 37.4 Å². The van der Waals surface area contributed by atoms with Crippen molar-refractivity contribution in [3.05, 3.63) is 0 Å². The average molecular weight is 384 g/mol. The second-order valence-electron chi connectivity index (χ2n) is 5.88. The molecule has 2 fully saturated rings. The van der Waals surface area contributed by atoms with Crippen LogP contribution in [0, 0.1) is 11.8 Å². The molecule has 25 heavy (non-hydrogen) atoms. The van der Waals surface area contributed by atoms with E-state index in [0.717, 1.165) is 16.7 Å². The van der Waals surface area contributed by atoms with E-state index in [2.05, 4.69) is 0 Å². The molecule has 0 bridgehead atoms. The van der Waals surface area contributed by atoms with Crippen LogP contribution < -0.4 is 0 Å². The number of likely N-dealkylation sites (tertiary alicyclic amines) is 1. The van der Waals surface area contributed by atoms with Gasteiger partial charge in [-0.05, 0) is 0 Å². The molecule has 1 N–H and O–H groups in total. The molecule has 2 atom stereocenters. The summed E-state index contributed by atoms with van der Waals surface area (Å²) in [5.74, 6) is -6.13. The number of halogens is 3. The minimum Gasteiger partial charge on any atom is -0.481 e. The Labute approximate surface area is 146 Å². The highest BCUT2D eigenvalue weighted by atomic mass is 32.2. The van der Waals surface area contributed by atoms with Gasteiger partial charge in [-0.2, -0.15) is 13.2 Å². The summed E-state index contributed by atoms with van der Waals surface area (Å²) in [7, 11) is 0. The zero-order chi connectivity index (χ0) is 18.6. The molecule has 2 heterocycles. The molecule has 142 valence electrons. The topological polar surface area (TPSA) is 87.2 Å². The second-order valence-corrected chi connectivity index (χ2v) is 6.86. The van der Waals surface area contributed by atoms with Crippen LogP contribution in [0.4, 0.5) is 13.2 Å². The van der Waals surface area contributed by atoms with Crippen molar-refractivity contribution in [3.63, 3.8) is 0 Å². The first-order valence-corrected chi connectivity index (χ1v) is 8.86. The number of nitrogens with zero attached hydrogens (tertiary/aromatic N) is 2. The third-order valence-electron chi connectivity index (χ3n) is 4.23. The molecule has 0 saturated carbocycles. The first-order valence-electron chi connectivity index (χ1n) is 7.70. The van der Waals surface area contributed by atoms with Crippen molar-refractivity contribution in [3.8, 4) is 0 Å². The number of ether oxygens (including phenoxy) is 1. The highest BCUT2D eigenvalue weighted by Gasteiger charge is 2.53. The summed E-state index contributed by atoms with van der Waals surface area (Å²) in [6.45, 7) is 0.755. The predicted molar refractivity (Wildman–Crippen MR) is 82.0 cm³/mol. The van der Waals surface area contributed by atoms with Crippen molar-refractivity contribution in [2.24, 2.45) is 11.8 Å². The maximum Gasteiger partial charge on any atom is 0.394 e. The summed E-state index contributed by atoms with van der Waals surface area (Å²) >= 11 is 1.02. The zero-order valence-corrected chi connectivity index (χ0v) is 14.1. The van der Waals surface area contributed by atoms with Crippen LogP contribution in [0.25, 0.3) is 0 Å². The van der Waals surface area contributed by atoms with Gasteiger partial charge in [0.2, 0.25) is 11.8 Å². The zero-order valence-electron chi connectivity index (χ0n) is 13.3. The largest absolute Gasteiger partial charge is 0.481 e. The number of thioether (sulfide) groups is 1. The molecule has 0 unspecified atom stereocenters. The Balaban J connectivity index is 1.80. The molecule has 0 spiro atoms. The average Bonchev–Trinajstić information content (AvgIpc) is 3.01. The fourth-order valence-corrected chi connectivity index (χ4v) is 3.63. The summed E-state index contributed by atoms with van der Waals surface area (Å²) in [6.07, 6.45) is -4.67. The second kappa shape index (κ2) is 8.26. The summed E-state index contributed by atoms with van der Waals surface area (Å²) in [4.78, 5) is 37.5. The Kier molecular flexibility index (Phi) is 6.55. The monoisotopic (exact) mass is 384 g/mol. The number of carbonyl (C=O) groups excluding carboxylic acids is 2. The molecule has 0 aromatic heterocycles. The molecule has 2 amide bonds. The first kappa shape index (κ1) is 19.8. The number of carboxylic acids is 1. The lowest BCUT2D eigenvalue weighted by Gasteiger charge is -2.26. The maximum absolute atomic E-state index is 12.9. The number of hydrogen-bond donors (Lipinski definition) is 1. The van der Waals surface area contributed by atoms with Crippen molar-refractivity contribution in [1.82, 2.24) is 9.80 Å². The van der Waals surface area contributed by atoms with E-state index in [0.29, 0.717) is 26.3 Å². The molecule has 0 aromatic carbocycles. The lowest BCUT2D eigenvalue weighted by Crippen LogP contribution is -2.41. The molecule has 0 aliphatic carbocycles. The minimum atomic E-state index is -4.67. The van der Waals surface area contributed by atoms with Gasteiger partial charge in [0, 0.05) is 26.2 Å². The highest BCUT2D eigenvalue weighted by molar-refractivity contribution is 8.00. The lowest BCUT2D eigenvalue weighted by atomic mass is 9.96. The van der Waals surface area contributed by atoms with E-state index >= 15 is 0 Å². The molecule has 0 aromatic rings. The van der Waals surface area contributed by atoms with Crippen molar-refractivity contribution in [2.75, 3.05) is 50.9 Å². The summed E-state index contributed by atoms with van der Waals surface area (Å²) in [5, 5.41) is 8.94. The number of carbonyl (C=O) groups is 3. The normalized spacial score (nSPS) is 24.4. The smallest absolute Gasteiger partial charge is 0.394 e. The van der Waals surface area contributed by atoms with Gasteiger partial charge < -0.3 is 19.6 Å². The van der Waals surface area contributed by atoms with E-state index < -0.39 is 43.0 Å². The van der Waals surface area contributed by atoms with Crippen molar-refractivity contribution in [1.29, 1.82) is 0 Å². The first-order chi connectivity index (χ1) is 11.7. The van der Waals surface area contributed by atoms with Gasteiger partial charge in [-0.25, -0.2) is 0 Å². The van der Waals surface area contributed by atoms with Crippen LogP contribution in [0.5, 0.6) is 0 Å². The van der Waals surface area contributed by atoms with E-state index in [9.17, 15) is 27.6 Å². The SMILES string of the molecule is O=C(O)[C@@H]1CN(C(=O)CSCC(=O)N2CCOCC2)C[C@H]1C(F)(F)F. The quantitative estimate of drug-likeness (QED) is 0.734. The van der Waals surface area contributed by atoms with Gasteiger partial charge in [-0.1, -0.05) is 0 Å². The van der Waals surface area contributed by atoms with Gasteiger partial charge in [-0.3, -0.25) is 14.4 Å². The number of carboxylic acid groups (broad SMARTS) is 1. The van der Waals surface area contributed by atoms with E-state index in [1.54, 1.807) is 4.90 Å². The maximum atomic E-state index is 12.9. The Morgan fingerprint density at radius 3 is 2.08 bits per heavy atom. The molecule has 2 saturated heterocycles. The van der Waals surface area contributed by atoms with Crippen LogP contribution in [0.15, 0.2) is 0 Å². The number of alkyl halides is 3. The Bertz CT molecular complexity index is 525. The number of aliphatic carboxylic acids is 1. The van der Waals surface area contributed by atoms with Crippen LogP contribution in [0.1, 0.15) is 0 Å². The molecule has 2 rings (SSSR count).